The zero-order chi connectivity index (χ0) is 19.4. The van der Waals surface area contributed by atoms with Crippen LogP contribution in [0.2, 0.25) is 5.02 Å². The van der Waals surface area contributed by atoms with Crippen LogP contribution in [-0.4, -0.2) is 18.5 Å². The van der Waals surface area contributed by atoms with E-state index in [4.69, 9.17) is 20.8 Å². The summed E-state index contributed by atoms with van der Waals surface area (Å²) in [6.45, 7) is 3.31. The molecule has 6 heteroatoms. The number of ether oxygens (including phenoxy) is 1. The topological polar surface area (TPSA) is 68.5 Å². The molecule has 0 unspecified atom stereocenters. The number of anilines is 1. The van der Waals surface area contributed by atoms with Crippen LogP contribution >= 0.6 is 11.6 Å². The molecule has 3 aromatic rings. The van der Waals surface area contributed by atoms with Crippen LogP contribution in [0.3, 0.4) is 0 Å². The SMILES string of the molecule is Cc1cc(C)c(NC(=O)COC(=O)c2occc2-c2ccccc2)c(Cl)c1. The van der Waals surface area contributed by atoms with Crippen molar-refractivity contribution in [2.75, 3.05) is 11.9 Å². The lowest BCUT2D eigenvalue weighted by molar-refractivity contribution is -0.119. The van der Waals surface area contributed by atoms with E-state index in [0.29, 0.717) is 16.3 Å². The van der Waals surface area contributed by atoms with E-state index >= 15 is 0 Å². The van der Waals surface area contributed by atoms with Gasteiger partial charge in [-0.25, -0.2) is 4.79 Å². The molecule has 2 aromatic carbocycles. The van der Waals surface area contributed by atoms with E-state index < -0.39 is 18.5 Å². The Balaban J connectivity index is 1.65. The van der Waals surface area contributed by atoms with Crippen LogP contribution in [-0.2, 0) is 9.53 Å². The van der Waals surface area contributed by atoms with Gasteiger partial charge < -0.3 is 14.5 Å². The molecule has 0 fully saturated rings. The Bertz CT molecular complexity index is 956. The van der Waals surface area contributed by atoms with E-state index in [-0.39, 0.29) is 5.76 Å². The number of esters is 1. The Morgan fingerprint density at radius 3 is 2.56 bits per heavy atom. The number of carbonyl (C=O) groups is 2. The molecular weight excluding hydrogens is 366 g/mol. The van der Waals surface area contributed by atoms with Gasteiger partial charge in [-0.3, -0.25) is 4.79 Å². The molecule has 0 aliphatic carbocycles. The van der Waals surface area contributed by atoms with Crippen LogP contribution in [0.25, 0.3) is 11.1 Å². The van der Waals surface area contributed by atoms with Crippen molar-refractivity contribution in [1.29, 1.82) is 0 Å². The molecule has 1 aromatic heterocycles. The van der Waals surface area contributed by atoms with Crippen molar-refractivity contribution in [1.82, 2.24) is 0 Å². The highest BCUT2D eigenvalue weighted by Crippen LogP contribution is 2.27. The fourth-order valence-corrected chi connectivity index (χ4v) is 3.13. The number of hydrogen-bond donors (Lipinski definition) is 1. The number of halogens is 1. The molecule has 0 spiro atoms. The van der Waals surface area contributed by atoms with Crippen molar-refractivity contribution in [2.45, 2.75) is 13.8 Å². The quantitative estimate of drug-likeness (QED) is 0.628. The third-order valence-electron chi connectivity index (χ3n) is 3.97. The molecule has 1 amide bonds. The highest BCUT2D eigenvalue weighted by atomic mass is 35.5. The summed E-state index contributed by atoms with van der Waals surface area (Å²) in [5, 5.41) is 3.11. The zero-order valence-electron chi connectivity index (χ0n) is 14.9. The summed E-state index contributed by atoms with van der Waals surface area (Å²) < 4.78 is 10.4. The molecule has 0 aliphatic rings. The maximum atomic E-state index is 12.3. The van der Waals surface area contributed by atoms with Gasteiger partial charge in [0.05, 0.1) is 17.0 Å². The molecule has 0 radical (unpaired) electrons. The lowest BCUT2D eigenvalue weighted by Crippen LogP contribution is -2.21. The lowest BCUT2D eigenvalue weighted by atomic mass is 10.1. The monoisotopic (exact) mass is 383 g/mol. The molecule has 0 bridgehead atoms. The average Bonchev–Trinajstić information content (AvgIpc) is 3.13. The van der Waals surface area contributed by atoms with Crippen LogP contribution in [0.5, 0.6) is 0 Å². The first-order chi connectivity index (χ1) is 13.0. The molecule has 138 valence electrons. The highest BCUT2D eigenvalue weighted by molar-refractivity contribution is 6.34. The van der Waals surface area contributed by atoms with Crippen molar-refractivity contribution < 1.29 is 18.7 Å². The van der Waals surface area contributed by atoms with Crippen molar-refractivity contribution in [3.05, 3.63) is 76.7 Å². The Kier molecular flexibility index (Phi) is 5.62. The van der Waals surface area contributed by atoms with Gasteiger partial charge >= 0.3 is 5.97 Å². The minimum Gasteiger partial charge on any atom is -0.457 e. The van der Waals surface area contributed by atoms with Crippen LogP contribution in [0.15, 0.2) is 59.2 Å². The van der Waals surface area contributed by atoms with Gasteiger partial charge in [-0.15, -0.1) is 0 Å². The van der Waals surface area contributed by atoms with Crippen LogP contribution in [0, 0.1) is 13.8 Å². The predicted molar refractivity (Wildman–Crippen MR) is 104 cm³/mol. The van der Waals surface area contributed by atoms with Crippen LogP contribution < -0.4 is 5.32 Å². The smallest absolute Gasteiger partial charge is 0.375 e. The minimum absolute atomic E-state index is 0.0542. The summed E-state index contributed by atoms with van der Waals surface area (Å²) in [4.78, 5) is 24.5. The minimum atomic E-state index is -0.708. The molecular formula is C21H18ClNO4. The molecule has 27 heavy (non-hydrogen) atoms. The van der Waals surface area contributed by atoms with E-state index in [2.05, 4.69) is 5.32 Å². The summed E-state index contributed by atoms with van der Waals surface area (Å²) in [6.07, 6.45) is 1.41. The predicted octanol–water partition coefficient (Wildman–Crippen LogP) is 5.01. The Hall–Kier alpha value is -3.05. The maximum absolute atomic E-state index is 12.3. The highest BCUT2D eigenvalue weighted by Gasteiger charge is 2.19. The molecule has 0 atom stereocenters. The van der Waals surface area contributed by atoms with Gasteiger partial charge in [0.25, 0.3) is 5.91 Å². The number of carbonyl (C=O) groups excluding carboxylic acids is 2. The van der Waals surface area contributed by atoms with Gasteiger partial charge in [0.2, 0.25) is 5.76 Å². The number of aryl methyl sites for hydroxylation is 2. The first-order valence-electron chi connectivity index (χ1n) is 8.32. The third-order valence-corrected chi connectivity index (χ3v) is 4.26. The lowest BCUT2D eigenvalue weighted by Gasteiger charge is -2.11. The fourth-order valence-electron chi connectivity index (χ4n) is 2.76. The van der Waals surface area contributed by atoms with Gasteiger partial charge in [-0.2, -0.15) is 0 Å². The van der Waals surface area contributed by atoms with Gasteiger partial charge in [0.15, 0.2) is 6.61 Å². The van der Waals surface area contributed by atoms with Crippen molar-refractivity contribution in [3.63, 3.8) is 0 Å². The van der Waals surface area contributed by atoms with Crippen LogP contribution in [0.1, 0.15) is 21.7 Å². The van der Waals surface area contributed by atoms with Crippen molar-refractivity contribution in [2.24, 2.45) is 0 Å². The van der Waals surface area contributed by atoms with E-state index in [1.54, 1.807) is 12.1 Å². The Morgan fingerprint density at radius 2 is 1.85 bits per heavy atom. The fraction of sp³-hybridized carbons (Fsp3) is 0.143. The molecule has 5 nitrogen and oxygen atoms in total. The van der Waals surface area contributed by atoms with E-state index in [0.717, 1.165) is 16.7 Å². The Labute approximate surface area is 161 Å². The maximum Gasteiger partial charge on any atom is 0.375 e. The number of furan rings is 1. The van der Waals surface area contributed by atoms with E-state index in [1.165, 1.54) is 6.26 Å². The van der Waals surface area contributed by atoms with E-state index in [9.17, 15) is 9.59 Å². The van der Waals surface area contributed by atoms with Gasteiger partial charge in [0.1, 0.15) is 0 Å². The van der Waals surface area contributed by atoms with Crippen molar-refractivity contribution >= 4 is 29.2 Å². The number of hydrogen-bond acceptors (Lipinski definition) is 4. The number of benzene rings is 2. The number of nitrogens with one attached hydrogen (secondary N) is 1. The van der Waals surface area contributed by atoms with Gasteiger partial charge in [-0.1, -0.05) is 48.0 Å². The second-order valence-electron chi connectivity index (χ2n) is 6.09. The molecule has 0 saturated carbocycles. The number of rotatable bonds is 5. The summed E-state index contributed by atoms with van der Waals surface area (Å²) in [7, 11) is 0. The Morgan fingerprint density at radius 1 is 1.11 bits per heavy atom. The number of amides is 1. The van der Waals surface area contributed by atoms with Crippen molar-refractivity contribution in [3.8, 4) is 11.1 Å². The summed E-state index contributed by atoms with van der Waals surface area (Å²) >= 11 is 6.17. The summed E-state index contributed by atoms with van der Waals surface area (Å²) in [5.74, 6) is -1.13. The average molecular weight is 384 g/mol. The van der Waals surface area contributed by atoms with Gasteiger partial charge in [0, 0.05) is 5.56 Å². The standard InChI is InChI=1S/C21H18ClNO4/c1-13-10-14(2)19(17(22)11-13)23-18(24)12-27-21(25)20-16(8-9-26-20)15-6-4-3-5-7-15/h3-11H,12H2,1-2H3,(H,23,24). The molecule has 0 saturated heterocycles. The normalized spacial score (nSPS) is 10.5. The molecule has 1 heterocycles. The molecule has 1 N–H and O–H groups in total. The second kappa shape index (κ2) is 8.10. The molecule has 3 rings (SSSR count). The first kappa shape index (κ1) is 18.7. The van der Waals surface area contributed by atoms with Crippen LogP contribution in [0.4, 0.5) is 5.69 Å². The zero-order valence-corrected chi connectivity index (χ0v) is 15.7. The third kappa shape index (κ3) is 4.38. The van der Waals surface area contributed by atoms with Gasteiger partial charge in [-0.05, 0) is 42.7 Å². The summed E-state index contributed by atoms with van der Waals surface area (Å²) in [5.41, 5.74) is 3.76. The molecule has 0 aliphatic heterocycles. The van der Waals surface area contributed by atoms with E-state index in [1.807, 2.05) is 50.2 Å². The first-order valence-corrected chi connectivity index (χ1v) is 8.70. The second-order valence-corrected chi connectivity index (χ2v) is 6.50. The largest absolute Gasteiger partial charge is 0.457 e. The summed E-state index contributed by atoms with van der Waals surface area (Å²) in [6, 6.07) is 14.7.